The first-order chi connectivity index (χ1) is 9.61. The zero-order valence-corrected chi connectivity index (χ0v) is 12.1. The molecule has 0 aliphatic rings. The fraction of sp³-hybridized carbons (Fsp3) is 0.385. The molecule has 0 aromatic carbocycles. The molecule has 1 amide bonds. The Morgan fingerprint density at radius 2 is 2.40 bits per heavy atom. The molecule has 104 valence electrons. The van der Waals surface area contributed by atoms with Gasteiger partial charge in [-0.1, -0.05) is 19.9 Å². The molecule has 0 aliphatic heterocycles. The molecule has 7 heteroatoms. The standard InChI is InChI=1S/C13H15N5OS/c1-9(2)13(10-4-3-5-20-10)16-12(19)7-18-8-15-17-11(18)6-14/h3-5,8-9,13H,7H2,1-2H3,(H,16,19). The second-order valence-electron chi connectivity index (χ2n) is 4.70. The lowest BCUT2D eigenvalue weighted by molar-refractivity contribution is -0.122. The second-order valence-corrected chi connectivity index (χ2v) is 5.68. The van der Waals surface area contributed by atoms with Crippen LogP contribution >= 0.6 is 11.3 Å². The van der Waals surface area contributed by atoms with E-state index < -0.39 is 0 Å². The lowest BCUT2D eigenvalue weighted by Gasteiger charge is -2.21. The van der Waals surface area contributed by atoms with Crippen molar-refractivity contribution >= 4 is 17.2 Å². The third-order valence-corrected chi connectivity index (χ3v) is 3.82. The van der Waals surface area contributed by atoms with E-state index in [0.717, 1.165) is 4.88 Å². The van der Waals surface area contributed by atoms with E-state index >= 15 is 0 Å². The number of thiophene rings is 1. The molecular formula is C13H15N5OS. The molecule has 0 spiro atoms. The predicted octanol–water partition coefficient (Wildman–Crippen LogP) is 1.72. The summed E-state index contributed by atoms with van der Waals surface area (Å²) in [5.41, 5.74) is 0. The van der Waals surface area contributed by atoms with Crippen molar-refractivity contribution in [1.82, 2.24) is 20.1 Å². The number of rotatable bonds is 5. The number of carbonyl (C=O) groups is 1. The number of nitrogens with zero attached hydrogens (tertiary/aromatic N) is 4. The fourth-order valence-electron chi connectivity index (χ4n) is 1.87. The average molecular weight is 289 g/mol. The summed E-state index contributed by atoms with van der Waals surface area (Å²) in [6, 6.07) is 5.85. The number of nitriles is 1. The Bertz CT molecular complexity index is 611. The van der Waals surface area contributed by atoms with E-state index in [1.807, 2.05) is 23.6 Å². The molecule has 20 heavy (non-hydrogen) atoms. The van der Waals surface area contributed by atoms with Crippen molar-refractivity contribution in [2.45, 2.75) is 26.4 Å². The van der Waals surface area contributed by atoms with Gasteiger partial charge in [-0.25, -0.2) is 0 Å². The summed E-state index contributed by atoms with van der Waals surface area (Å²) in [7, 11) is 0. The number of nitrogens with one attached hydrogen (secondary N) is 1. The highest BCUT2D eigenvalue weighted by atomic mass is 32.1. The first-order valence-electron chi connectivity index (χ1n) is 6.22. The van der Waals surface area contributed by atoms with Crippen LogP contribution in [0.4, 0.5) is 0 Å². The zero-order valence-electron chi connectivity index (χ0n) is 11.3. The molecule has 0 saturated heterocycles. The van der Waals surface area contributed by atoms with Crippen molar-refractivity contribution < 1.29 is 4.79 Å². The maximum absolute atomic E-state index is 12.1. The van der Waals surface area contributed by atoms with Gasteiger partial charge in [0.1, 0.15) is 18.9 Å². The van der Waals surface area contributed by atoms with Gasteiger partial charge in [0.25, 0.3) is 0 Å². The van der Waals surface area contributed by atoms with E-state index in [1.54, 1.807) is 11.3 Å². The van der Waals surface area contributed by atoms with Crippen LogP contribution in [-0.2, 0) is 11.3 Å². The van der Waals surface area contributed by atoms with Gasteiger partial charge in [-0.3, -0.25) is 9.36 Å². The maximum atomic E-state index is 12.1. The van der Waals surface area contributed by atoms with Crippen LogP contribution in [0.25, 0.3) is 0 Å². The number of carbonyl (C=O) groups excluding carboxylic acids is 1. The molecule has 6 nitrogen and oxygen atoms in total. The third-order valence-electron chi connectivity index (χ3n) is 2.86. The molecule has 2 heterocycles. The van der Waals surface area contributed by atoms with Gasteiger partial charge in [0.2, 0.25) is 11.7 Å². The maximum Gasteiger partial charge on any atom is 0.240 e. The Balaban J connectivity index is 2.05. The first-order valence-corrected chi connectivity index (χ1v) is 7.10. The lowest BCUT2D eigenvalue weighted by atomic mass is 10.0. The van der Waals surface area contributed by atoms with Gasteiger partial charge in [-0.2, -0.15) is 5.26 Å². The van der Waals surface area contributed by atoms with E-state index in [4.69, 9.17) is 5.26 Å². The van der Waals surface area contributed by atoms with E-state index in [0.29, 0.717) is 0 Å². The van der Waals surface area contributed by atoms with Crippen molar-refractivity contribution in [2.24, 2.45) is 5.92 Å². The number of hydrogen-bond donors (Lipinski definition) is 1. The van der Waals surface area contributed by atoms with Crippen LogP contribution in [0.1, 0.15) is 30.6 Å². The Labute approximate surface area is 121 Å². The number of aromatic nitrogens is 3. The molecule has 0 bridgehead atoms. The minimum atomic E-state index is -0.159. The predicted molar refractivity (Wildman–Crippen MR) is 74.8 cm³/mol. The van der Waals surface area contributed by atoms with E-state index in [2.05, 4.69) is 29.4 Å². The number of amides is 1. The molecule has 0 radical (unpaired) electrons. The average Bonchev–Trinajstić information content (AvgIpc) is 3.06. The fourth-order valence-corrected chi connectivity index (χ4v) is 2.81. The quantitative estimate of drug-likeness (QED) is 0.908. The summed E-state index contributed by atoms with van der Waals surface area (Å²) < 4.78 is 1.43. The van der Waals surface area contributed by atoms with E-state index in [-0.39, 0.29) is 30.2 Å². The van der Waals surface area contributed by atoms with Gasteiger partial charge in [-0.05, 0) is 17.4 Å². The largest absolute Gasteiger partial charge is 0.347 e. The van der Waals surface area contributed by atoms with Crippen LogP contribution in [0.15, 0.2) is 23.8 Å². The minimum absolute atomic E-state index is 0.0236. The molecule has 2 rings (SSSR count). The van der Waals surface area contributed by atoms with Gasteiger partial charge < -0.3 is 5.32 Å². The Morgan fingerprint density at radius 3 is 3.00 bits per heavy atom. The summed E-state index contributed by atoms with van der Waals surface area (Å²) in [6.45, 7) is 4.17. The van der Waals surface area contributed by atoms with Crippen molar-refractivity contribution in [3.8, 4) is 6.07 Å². The van der Waals surface area contributed by atoms with E-state index in [9.17, 15) is 4.79 Å². The van der Waals surface area contributed by atoms with Crippen molar-refractivity contribution in [3.05, 3.63) is 34.5 Å². The topological polar surface area (TPSA) is 83.6 Å². The summed E-state index contributed by atoms with van der Waals surface area (Å²) in [5.74, 6) is 0.264. The Hall–Kier alpha value is -2.20. The normalized spacial score (nSPS) is 12.1. The molecule has 2 aromatic rings. The molecule has 1 N–H and O–H groups in total. The summed E-state index contributed by atoms with van der Waals surface area (Å²) in [6.07, 6.45) is 1.38. The van der Waals surface area contributed by atoms with Gasteiger partial charge in [0.05, 0.1) is 6.04 Å². The SMILES string of the molecule is CC(C)C(NC(=O)Cn1cnnc1C#N)c1cccs1. The zero-order chi connectivity index (χ0) is 14.5. The molecule has 0 fully saturated rings. The van der Waals surface area contributed by atoms with Gasteiger partial charge >= 0.3 is 0 Å². The smallest absolute Gasteiger partial charge is 0.240 e. The third kappa shape index (κ3) is 3.22. The molecule has 0 saturated carbocycles. The van der Waals surface area contributed by atoms with Gasteiger partial charge in [-0.15, -0.1) is 21.5 Å². The van der Waals surface area contributed by atoms with Crippen LogP contribution in [-0.4, -0.2) is 20.7 Å². The lowest BCUT2D eigenvalue weighted by Crippen LogP contribution is -2.33. The van der Waals surface area contributed by atoms with Crippen LogP contribution < -0.4 is 5.32 Å². The summed E-state index contributed by atoms with van der Waals surface area (Å²) in [4.78, 5) is 13.2. The van der Waals surface area contributed by atoms with Gasteiger partial charge in [0.15, 0.2) is 0 Å². The molecule has 1 atom stereocenters. The monoisotopic (exact) mass is 289 g/mol. The van der Waals surface area contributed by atoms with Crippen molar-refractivity contribution in [3.63, 3.8) is 0 Å². The molecule has 2 aromatic heterocycles. The van der Waals surface area contributed by atoms with Gasteiger partial charge in [0, 0.05) is 4.88 Å². The molecular weight excluding hydrogens is 274 g/mol. The number of hydrogen-bond acceptors (Lipinski definition) is 5. The highest BCUT2D eigenvalue weighted by Crippen LogP contribution is 2.25. The van der Waals surface area contributed by atoms with Crippen molar-refractivity contribution in [1.29, 1.82) is 5.26 Å². The second kappa shape index (κ2) is 6.30. The summed E-state index contributed by atoms with van der Waals surface area (Å²) in [5, 5.41) is 21.1. The van der Waals surface area contributed by atoms with Crippen LogP contribution in [0, 0.1) is 17.2 Å². The van der Waals surface area contributed by atoms with E-state index in [1.165, 1.54) is 10.9 Å². The highest BCUT2D eigenvalue weighted by Gasteiger charge is 2.19. The Morgan fingerprint density at radius 1 is 1.60 bits per heavy atom. The first kappa shape index (κ1) is 14.2. The van der Waals surface area contributed by atoms with Crippen molar-refractivity contribution in [2.75, 3.05) is 0 Å². The van der Waals surface area contributed by atoms with Crippen LogP contribution in [0.3, 0.4) is 0 Å². The highest BCUT2D eigenvalue weighted by molar-refractivity contribution is 7.10. The minimum Gasteiger partial charge on any atom is -0.347 e. The van der Waals surface area contributed by atoms with Crippen LogP contribution in [0.2, 0.25) is 0 Å². The molecule has 0 aliphatic carbocycles. The summed E-state index contributed by atoms with van der Waals surface area (Å²) >= 11 is 1.62. The van der Waals surface area contributed by atoms with Crippen LogP contribution in [0.5, 0.6) is 0 Å². The molecule has 1 unspecified atom stereocenters. The Kier molecular flexibility index (Phi) is 4.48.